The first kappa shape index (κ1) is 12.1. The molecule has 17 heavy (non-hydrogen) atoms. The molecule has 5 nitrogen and oxygen atoms in total. The normalized spacial score (nSPS) is 19.2. The second-order valence-corrected chi connectivity index (χ2v) is 4.39. The molecular formula is C12H21N5. The van der Waals surface area contributed by atoms with E-state index >= 15 is 0 Å². The van der Waals surface area contributed by atoms with Gasteiger partial charge in [0.2, 0.25) is 0 Å². The minimum atomic E-state index is 0.581. The summed E-state index contributed by atoms with van der Waals surface area (Å²) < 4.78 is 0. The molecule has 1 atom stereocenters. The van der Waals surface area contributed by atoms with Gasteiger partial charge in [-0.1, -0.05) is 6.92 Å². The van der Waals surface area contributed by atoms with Gasteiger partial charge < -0.3 is 16.0 Å². The fraction of sp³-hybridized carbons (Fsp3) is 0.667. The summed E-state index contributed by atoms with van der Waals surface area (Å²) in [6, 6.07) is 2.54. The summed E-state index contributed by atoms with van der Waals surface area (Å²) in [5, 5.41) is 10.1. The molecule has 1 unspecified atom stereocenters. The van der Waals surface area contributed by atoms with Gasteiger partial charge in [0.15, 0.2) is 0 Å². The van der Waals surface area contributed by atoms with Crippen molar-refractivity contribution < 1.29 is 0 Å². The van der Waals surface area contributed by atoms with Crippen molar-refractivity contribution in [3.8, 4) is 0 Å². The van der Waals surface area contributed by atoms with E-state index in [9.17, 15) is 0 Å². The number of hydrogen-bond acceptors (Lipinski definition) is 5. The Bertz CT molecular complexity index is 335. The maximum Gasteiger partial charge on any atom is 0.131 e. The average molecular weight is 235 g/mol. The van der Waals surface area contributed by atoms with Crippen LogP contribution in [0.25, 0.3) is 0 Å². The van der Waals surface area contributed by atoms with Crippen molar-refractivity contribution in [1.82, 2.24) is 15.3 Å². The van der Waals surface area contributed by atoms with Gasteiger partial charge in [0.1, 0.15) is 18.0 Å². The van der Waals surface area contributed by atoms with Gasteiger partial charge in [-0.15, -0.1) is 0 Å². The lowest BCUT2D eigenvalue weighted by Crippen LogP contribution is -2.29. The molecule has 1 aromatic heterocycles. The summed E-state index contributed by atoms with van der Waals surface area (Å²) in [5.74, 6) is 1.79. The van der Waals surface area contributed by atoms with E-state index in [-0.39, 0.29) is 0 Å². The number of hydrogen-bond donors (Lipinski definition) is 3. The zero-order valence-corrected chi connectivity index (χ0v) is 10.4. The molecule has 1 aliphatic heterocycles. The number of anilines is 2. The van der Waals surface area contributed by atoms with Crippen LogP contribution in [0.1, 0.15) is 26.2 Å². The molecule has 3 N–H and O–H groups in total. The van der Waals surface area contributed by atoms with Crippen LogP contribution >= 0.6 is 0 Å². The van der Waals surface area contributed by atoms with Crippen LogP contribution in [0.4, 0.5) is 11.6 Å². The van der Waals surface area contributed by atoms with Gasteiger partial charge in [-0.25, -0.2) is 9.97 Å². The molecule has 0 aromatic carbocycles. The molecule has 0 spiro atoms. The summed E-state index contributed by atoms with van der Waals surface area (Å²) in [5.41, 5.74) is 0. The van der Waals surface area contributed by atoms with E-state index in [1.807, 2.05) is 6.07 Å². The number of rotatable bonds is 6. The quantitative estimate of drug-likeness (QED) is 0.697. The molecule has 1 aromatic rings. The van der Waals surface area contributed by atoms with Crippen molar-refractivity contribution in [2.24, 2.45) is 0 Å². The molecule has 0 radical (unpaired) electrons. The zero-order chi connectivity index (χ0) is 11.9. The standard InChI is InChI=1S/C12H21N5/c1-2-5-14-11-7-12(17-9-16-11)15-8-10-4-3-6-13-10/h7,9-10,13H,2-6,8H2,1H3,(H2,14,15,16,17). The Morgan fingerprint density at radius 2 is 2.18 bits per heavy atom. The van der Waals surface area contributed by atoms with Gasteiger partial charge in [0.25, 0.3) is 0 Å². The highest BCUT2D eigenvalue weighted by molar-refractivity contribution is 5.46. The predicted octanol–water partition coefficient (Wildman–Crippen LogP) is 1.46. The lowest BCUT2D eigenvalue weighted by molar-refractivity contribution is 0.632. The van der Waals surface area contributed by atoms with Crippen LogP contribution in [0, 0.1) is 0 Å². The molecule has 0 amide bonds. The summed E-state index contributed by atoms with van der Waals surface area (Å²) in [7, 11) is 0. The van der Waals surface area contributed by atoms with Crippen LogP contribution in [-0.4, -0.2) is 35.6 Å². The number of nitrogens with zero attached hydrogens (tertiary/aromatic N) is 2. The second-order valence-electron chi connectivity index (χ2n) is 4.39. The third-order valence-electron chi connectivity index (χ3n) is 2.92. The fourth-order valence-electron chi connectivity index (χ4n) is 1.96. The Morgan fingerprint density at radius 3 is 2.88 bits per heavy atom. The summed E-state index contributed by atoms with van der Waals surface area (Å²) in [6.07, 6.45) is 5.22. The molecule has 1 saturated heterocycles. The topological polar surface area (TPSA) is 61.9 Å². The highest BCUT2D eigenvalue weighted by Gasteiger charge is 2.13. The van der Waals surface area contributed by atoms with Crippen LogP contribution in [-0.2, 0) is 0 Å². The lowest BCUT2D eigenvalue weighted by Gasteiger charge is -2.12. The second kappa shape index (κ2) is 6.39. The van der Waals surface area contributed by atoms with Gasteiger partial charge in [-0.3, -0.25) is 0 Å². The molecule has 0 saturated carbocycles. The van der Waals surface area contributed by atoms with E-state index in [1.54, 1.807) is 6.33 Å². The van der Waals surface area contributed by atoms with E-state index in [2.05, 4.69) is 32.8 Å². The molecular weight excluding hydrogens is 214 g/mol. The van der Waals surface area contributed by atoms with Gasteiger partial charge in [-0.05, 0) is 25.8 Å². The van der Waals surface area contributed by atoms with E-state index in [0.717, 1.165) is 37.7 Å². The van der Waals surface area contributed by atoms with Crippen molar-refractivity contribution in [3.63, 3.8) is 0 Å². The van der Waals surface area contributed by atoms with Crippen LogP contribution < -0.4 is 16.0 Å². The number of aromatic nitrogens is 2. The van der Waals surface area contributed by atoms with Crippen molar-refractivity contribution in [2.45, 2.75) is 32.2 Å². The van der Waals surface area contributed by atoms with Crippen molar-refractivity contribution in [1.29, 1.82) is 0 Å². The van der Waals surface area contributed by atoms with E-state index < -0.39 is 0 Å². The first-order valence-corrected chi connectivity index (χ1v) is 6.41. The number of nitrogens with one attached hydrogen (secondary N) is 3. The first-order chi connectivity index (χ1) is 8.38. The Kier molecular flexibility index (Phi) is 4.55. The van der Waals surface area contributed by atoms with Crippen molar-refractivity contribution >= 4 is 11.6 Å². The molecule has 2 heterocycles. The molecule has 1 fully saturated rings. The Balaban J connectivity index is 1.82. The van der Waals surface area contributed by atoms with Crippen LogP contribution in [0.15, 0.2) is 12.4 Å². The maximum absolute atomic E-state index is 4.22. The van der Waals surface area contributed by atoms with Crippen molar-refractivity contribution in [2.75, 3.05) is 30.3 Å². The van der Waals surface area contributed by atoms with E-state index in [0.29, 0.717) is 6.04 Å². The van der Waals surface area contributed by atoms with Crippen LogP contribution in [0.2, 0.25) is 0 Å². The Labute approximate surface area is 102 Å². The summed E-state index contributed by atoms with van der Waals surface area (Å²) >= 11 is 0. The summed E-state index contributed by atoms with van der Waals surface area (Å²) in [4.78, 5) is 8.40. The molecule has 2 rings (SSSR count). The largest absolute Gasteiger partial charge is 0.370 e. The SMILES string of the molecule is CCCNc1cc(NCC2CCCN2)ncn1. The molecule has 94 valence electrons. The first-order valence-electron chi connectivity index (χ1n) is 6.41. The minimum Gasteiger partial charge on any atom is -0.370 e. The van der Waals surface area contributed by atoms with Crippen LogP contribution in [0.3, 0.4) is 0 Å². The average Bonchev–Trinajstić information content (AvgIpc) is 2.87. The van der Waals surface area contributed by atoms with Gasteiger partial charge in [0.05, 0.1) is 0 Å². The monoisotopic (exact) mass is 235 g/mol. The Morgan fingerprint density at radius 1 is 1.35 bits per heavy atom. The third kappa shape index (κ3) is 3.85. The predicted molar refractivity (Wildman–Crippen MR) is 70.3 cm³/mol. The molecule has 5 heteroatoms. The van der Waals surface area contributed by atoms with E-state index in [4.69, 9.17) is 0 Å². The smallest absolute Gasteiger partial charge is 0.131 e. The zero-order valence-electron chi connectivity index (χ0n) is 10.4. The summed E-state index contributed by atoms with van der Waals surface area (Å²) in [6.45, 7) is 5.16. The highest BCUT2D eigenvalue weighted by atomic mass is 15.1. The Hall–Kier alpha value is -1.36. The fourth-order valence-corrected chi connectivity index (χ4v) is 1.96. The third-order valence-corrected chi connectivity index (χ3v) is 2.92. The minimum absolute atomic E-state index is 0.581. The van der Waals surface area contributed by atoms with Crippen molar-refractivity contribution in [3.05, 3.63) is 12.4 Å². The van der Waals surface area contributed by atoms with Gasteiger partial charge in [-0.2, -0.15) is 0 Å². The van der Waals surface area contributed by atoms with Gasteiger partial charge in [0, 0.05) is 25.2 Å². The highest BCUT2D eigenvalue weighted by Crippen LogP contribution is 2.10. The maximum atomic E-state index is 4.22. The van der Waals surface area contributed by atoms with Crippen LogP contribution in [0.5, 0.6) is 0 Å². The van der Waals surface area contributed by atoms with Gasteiger partial charge >= 0.3 is 0 Å². The molecule has 1 aliphatic rings. The van der Waals surface area contributed by atoms with E-state index in [1.165, 1.54) is 12.8 Å². The molecule has 0 aliphatic carbocycles. The molecule has 0 bridgehead atoms. The lowest BCUT2D eigenvalue weighted by atomic mass is 10.2.